The number of hydrogen-bond donors (Lipinski definition) is 2. The van der Waals surface area contributed by atoms with E-state index in [9.17, 15) is 9.59 Å². The number of anilines is 2. The normalized spacial score (nSPS) is 11.4. The molecular formula is C17H17ClN2O3. The van der Waals surface area contributed by atoms with Gasteiger partial charge in [-0.2, -0.15) is 0 Å². The first-order valence-electron chi connectivity index (χ1n) is 7.05. The van der Waals surface area contributed by atoms with Crippen LogP contribution in [0.3, 0.4) is 0 Å². The molecule has 2 amide bonds. The molecule has 120 valence electrons. The van der Waals surface area contributed by atoms with Crippen molar-refractivity contribution >= 4 is 34.8 Å². The molecule has 0 aromatic heterocycles. The number of carbonyl (C=O) groups is 2. The molecule has 2 N–H and O–H groups in total. The third-order valence-electron chi connectivity index (χ3n) is 2.93. The van der Waals surface area contributed by atoms with Crippen molar-refractivity contribution in [3.63, 3.8) is 0 Å². The summed E-state index contributed by atoms with van der Waals surface area (Å²) in [6.07, 6.45) is -0.696. The minimum Gasteiger partial charge on any atom is -0.481 e. The minimum atomic E-state index is -0.696. The Bertz CT molecular complexity index is 718. The number of nitrogens with one attached hydrogen (secondary N) is 2. The lowest BCUT2D eigenvalue weighted by Gasteiger charge is -2.15. The number of rotatable bonds is 5. The van der Waals surface area contributed by atoms with Crippen molar-refractivity contribution in [3.8, 4) is 5.75 Å². The van der Waals surface area contributed by atoms with Crippen LogP contribution >= 0.6 is 11.6 Å². The van der Waals surface area contributed by atoms with E-state index < -0.39 is 6.10 Å². The molecule has 2 aromatic carbocycles. The second-order valence-electron chi connectivity index (χ2n) is 4.97. The standard InChI is InChI=1S/C17H17ClN2O3/c1-11(23-16-8-3-5-13(18)9-16)17(22)20-15-7-4-6-14(10-15)19-12(2)21/h3-11H,1-2H3,(H,19,21)(H,20,22). The molecule has 2 aromatic rings. The van der Waals surface area contributed by atoms with Crippen LogP contribution in [0.1, 0.15) is 13.8 Å². The van der Waals surface area contributed by atoms with Crippen LogP contribution in [0.4, 0.5) is 11.4 Å². The van der Waals surface area contributed by atoms with Crippen molar-refractivity contribution in [3.05, 3.63) is 53.6 Å². The summed E-state index contributed by atoms with van der Waals surface area (Å²) in [5, 5.41) is 5.94. The zero-order chi connectivity index (χ0) is 16.8. The first-order valence-corrected chi connectivity index (χ1v) is 7.42. The minimum absolute atomic E-state index is 0.175. The highest BCUT2D eigenvalue weighted by Crippen LogP contribution is 2.19. The number of hydrogen-bond acceptors (Lipinski definition) is 3. The average Bonchev–Trinajstić information content (AvgIpc) is 2.46. The van der Waals surface area contributed by atoms with Gasteiger partial charge in [-0.25, -0.2) is 0 Å². The Morgan fingerprint density at radius 1 is 1.04 bits per heavy atom. The van der Waals surface area contributed by atoms with Crippen LogP contribution in [-0.4, -0.2) is 17.9 Å². The highest BCUT2D eigenvalue weighted by molar-refractivity contribution is 6.30. The topological polar surface area (TPSA) is 67.4 Å². The van der Waals surface area contributed by atoms with E-state index in [1.54, 1.807) is 55.5 Å². The van der Waals surface area contributed by atoms with E-state index in [1.165, 1.54) is 6.92 Å². The predicted octanol–water partition coefficient (Wildman–Crippen LogP) is 3.70. The van der Waals surface area contributed by atoms with Crippen LogP contribution in [0.25, 0.3) is 0 Å². The summed E-state index contributed by atoms with van der Waals surface area (Å²) in [6.45, 7) is 3.07. The summed E-state index contributed by atoms with van der Waals surface area (Å²) in [5.41, 5.74) is 1.18. The monoisotopic (exact) mass is 332 g/mol. The smallest absolute Gasteiger partial charge is 0.265 e. The van der Waals surface area contributed by atoms with Gasteiger partial charge in [0.15, 0.2) is 6.10 Å². The number of halogens is 1. The maximum absolute atomic E-state index is 12.2. The summed E-state index contributed by atoms with van der Waals surface area (Å²) < 4.78 is 5.56. The molecule has 2 rings (SSSR count). The first kappa shape index (κ1) is 16.8. The van der Waals surface area contributed by atoms with Gasteiger partial charge in [0.2, 0.25) is 5.91 Å². The van der Waals surface area contributed by atoms with Gasteiger partial charge in [-0.15, -0.1) is 0 Å². The van der Waals surface area contributed by atoms with Gasteiger partial charge in [0, 0.05) is 23.3 Å². The van der Waals surface area contributed by atoms with E-state index in [1.807, 2.05) is 0 Å². The van der Waals surface area contributed by atoms with Crippen LogP contribution in [0.5, 0.6) is 5.75 Å². The third-order valence-corrected chi connectivity index (χ3v) is 3.16. The Labute approximate surface area is 139 Å². The second-order valence-corrected chi connectivity index (χ2v) is 5.41. The van der Waals surface area contributed by atoms with E-state index in [4.69, 9.17) is 16.3 Å². The largest absolute Gasteiger partial charge is 0.481 e. The van der Waals surface area contributed by atoms with Crippen molar-refractivity contribution in [2.45, 2.75) is 20.0 Å². The van der Waals surface area contributed by atoms with Crippen LogP contribution in [-0.2, 0) is 9.59 Å². The van der Waals surface area contributed by atoms with Crippen molar-refractivity contribution in [2.24, 2.45) is 0 Å². The molecule has 0 fully saturated rings. The molecule has 1 unspecified atom stereocenters. The molecule has 0 radical (unpaired) electrons. The lowest BCUT2D eigenvalue weighted by molar-refractivity contribution is -0.122. The lowest BCUT2D eigenvalue weighted by Crippen LogP contribution is -2.30. The number of benzene rings is 2. The van der Waals surface area contributed by atoms with Gasteiger partial charge in [-0.3, -0.25) is 9.59 Å². The first-order chi connectivity index (χ1) is 10.9. The quantitative estimate of drug-likeness (QED) is 0.877. The molecule has 5 nitrogen and oxygen atoms in total. The fourth-order valence-electron chi connectivity index (χ4n) is 1.92. The molecule has 6 heteroatoms. The molecular weight excluding hydrogens is 316 g/mol. The van der Waals surface area contributed by atoms with Gasteiger partial charge in [0.25, 0.3) is 5.91 Å². The Hall–Kier alpha value is -2.53. The van der Waals surface area contributed by atoms with Gasteiger partial charge in [-0.1, -0.05) is 23.7 Å². The van der Waals surface area contributed by atoms with Gasteiger partial charge < -0.3 is 15.4 Å². The van der Waals surface area contributed by atoms with Crippen LogP contribution in [0.2, 0.25) is 5.02 Å². The maximum atomic E-state index is 12.2. The predicted molar refractivity (Wildman–Crippen MR) is 90.9 cm³/mol. The molecule has 0 spiro atoms. The molecule has 0 saturated carbocycles. The van der Waals surface area contributed by atoms with E-state index in [-0.39, 0.29) is 11.8 Å². The fourth-order valence-corrected chi connectivity index (χ4v) is 2.10. The van der Waals surface area contributed by atoms with Gasteiger partial charge in [0.05, 0.1) is 0 Å². The summed E-state index contributed by atoms with van der Waals surface area (Å²) in [4.78, 5) is 23.2. The number of amides is 2. The Kier molecular flexibility index (Phi) is 5.60. The molecule has 1 atom stereocenters. The van der Waals surface area contributed by atoms with Crippen molar-refractivity contribution in [1.29, 1.82) is 0 Å². The average molecular weight is 333 g/mol. The van der Waals surface area contributed by atoms with Crippen molar-refractivity contribution in [1.82, 2.24) is 0 Å². The molecule has 0 aliphatic rings. The highest BCUT2D eigenvalue weighted by atomic mass is 35.5. The Balaban J connectivity index is 1.99. The molecule has 0 saturated heterocycles. The van der Waals surface area contributed by atoms with Crippen LogP contribution < -0.4 is 15.4 Å². The molecule has 23 heavy (non-hydrogen) atoms. The van der Waals surface area contributed by atoms with E-state index >= 15 is 0 Å². The molecule has 0 aliphatic carbocycles. The van der Waals surface area contributed by atoms with Crippen molar-refractivity contribution < 1.29 is 14.3 Å². The van der Waals surface area contributed by atoms with Crippen molar-refractivity contribution in [2.75, 3.05) is 10.6 Å². The van der Waals surface area contributed by atoms with Crippen LogP contribution in [0.15, 0.2) is 48.5 Å². The Morgan fingerprint density at radius 2 is 1.70 bits per heavy atom. The SMILES string of the molecule is CC(=O)Nc1cccc(NC(=O)C(C)Oc2cccc(Cl)c2)c1. The summed E-state index contributed by atoms with van der Waals surface area (Å²) in [7, 11) is 0. The Morgan fingerprint density at radius 3 is 2.35 bits per heavy atom. The highest BCUT2D eigenvalue weighted by Gasteiger charge is 2.15. The molecule has 0 heterocycles. The lowest BCUT2D eigenvalue weighted by atomic mass is 10.2. The van der Waals surface area contributed by atoms with E-state index in [0.29, 0.717) is 22.1 Å². The summed E-state index contributed by atoms with van der Waals surface area (Å²) in [5.74, 6) is 0.0447. The van der Waals surface area contributed by atoms with E-state index in [2.05, 4.69) is 10.6 Å². The molecule has 0 bridgehead atoms. The zero-order valence-electron chi connectivity index (χ0n) is 12.8. The van der Waals surface area contributed by atoms with Gasteiger partial charge >= 0.3 is 0 Å². The second kappa shape index (κ2) is 7.65. The third kappa shape index (κ3) is 5.30. The molecule has 0 aliphatic heterocycles. The summed E-state index contributed by atoms with van der Waals surface area (Å²) >= 11 is 5.88. The van der Waals surface area contributed by atoms with Gasteiger partial charge in [0.1, 0.15) is 5.75 Å². The summed E-state index contributed by atoms with van der Waals surface area (Å²) in [6, 6.07) is 13.7. The zero-order valence-corrected chi connectivity index (χ0v) is 13.6. The number of ether oxygens (including phenoxy) is 1. The maximum Gasteiger partial charge on any atom is 0.265 e. The van der Waals surface area contributed by atoms with E-state index in [0.717, 1.165) is 0 Å². The fraction of sp³-hybridized carbons (Fsp3) is 0.176. The van der Waals surface area contributed by atoms with Crippen LogP contribution in [0, 0.1) is 0 Å². The number of carbonyl (C=O) groups excluding carboxylic acids is 2. The van der Waals surface area contributed by atoms with Gasteiger partial charge in [-0.05, 0) is 43.3 Å².